The van der Waals surface area contributed by atoms with Crippen LogP contribution in [0.25, 0.3) is 0 Å². The molecule has 1 aromatic carbocycles. The van der Waals surface area contributed by atoms with Crippen LogP contribution in [0.3, 0.4) is 0 Å². The Kier molecular flexibility index (Phi) is 49.4. The molecule has 0 amide bonds. The first-order valence-electron chi connectivity index (χ1n) is 11.9. The smallest absolute Gasteiger partial charge is 0.116 e. The number of carbonyl (C=O) groups is 1. The molecule has 0 aliphatic heterocycles. The summed E-state index contributed by atoms with van der Waals surface area (Å²) in [5, 5.41) is 0. The van der Waals surface area contributed by atoms with E-state index in [-0.39, 0.29) is 0 Å². The zero-order chi connectivity index (χ0) is 23.4. The van der Waals surface area contributed by atoms with Crippen molar-refractivity contribution in [2.45, 2.75) is 129 Å². The molecule has 0 saturated carbocycles. The van der Waals surface area contributed by atoms with E-state index in [1.54, 1.807) is 0 Å². The first kappa shape index (κ1) is 37.6. The predicted octanol–water partition coefficient (Wildman–Crippen LogP) is 9.90. The molecule has 1 aromatic rings. The van der Waals surface area contributed by atoms with Gasteiger partial charge in [0.25, 0.3) is 0 Å². The van der Waals surface area contributed by atoms with Crippen LogP contribution in [-0.2, 0) is 4.79 Å². The second-order valence-corrected chi connectivity index (χ2v) is 6.29. The third-order valence-electron chi connectivity index (χ3n) is 3.47. The maximum Gasteiger partial charge on any atom is 0.116 e. The summed E-state index contributed by atoms with van der Waals surface area (Å²) in [6.07, 6.45) is 9.19. The predicted molar refractivity (Wildman–Crippen MR) is 135 cm³/mol. The average molecular weight is 397 g/mol. The summed E-state index contributed by atoms with van der Waals surface area (Å²) in [5.41, 5.74) is 4.06. The number of rotatable bonds is 6. The van der Waals surface area contributed by atoms with Crippen molar-refractivity contribution in [3.8, 4) is 0 Å². The first-order chi connectivity index (χ1) is 13.4. The average Bonchev–Trinajstić information content (AvgIpc) is 2.69. The Morgan fingerprint density at radius 1 is 0.714 bits per heavy atom. The highest BCUT2D eigenvalue weighted by atomic mass is 16.1. The zero-order valence-electron chi connectivity index (χ0n) is 22.0. The van der Waals surface area contributed by atoms with Gasteiger partial charge in [-0.3, -0.25) is 0 Å². The van der Waals surface area contributed by atoms with Gasteiger partial charge in [-0.05, 0) is 33.6 Å². The van der Waals surface area contributed by atoms with Crippen LogP contribution in [0.1, 0.15) is 124 Å². The van der Waals surface area contributed by atoms with Crippen molar-refractivity contribution >= 4 is 6.29 Å². The van der Waals surface area contributed by atoms with Gasteiger partial charge in [-0.15, -0.1) is 0 Å². The number of hydrogen-bond donors (Lipinski definition) is 0. The van der Waals surface area contributed by atoms with Crippen LogP contribution in [-0.4, -0.2) is 6.29 Å². The van der Waals surface area contributed by atoms with Crippen molar-refractivity contribution in [1.82, 2.24) is 0 Å². The second-order valence-electron chi connectivity index (χ2n) is 6.29. The van der Waals surface area contributed by atoms with E-state index in [1.165, 1.54) is 62.1 Å². The highest BCUT2D eigenvalue weighted by Crippen LogP contribution is 2.14. The largest absolute Gasteiger partial charge is 0.304 e. The van der Waals surface area contributed by atoms with Gasteiger partial charge in [0.15, 0.2) is 0 Å². The van der Waals surface area contributed by atoms with Crippen LogP contribution >= 0.6 is 0 Å². The zero-order valence-corrected chi connectivity index (χ0v) is 22.0. The normalized spacial score (nSPS) is 8.07. The Labute approximate surface area is 180 Å². The van der Waals surface area contributed by atoms with Crippen molar-refractivity contribution in [2.75, 3.05) is 0 Å². The van der Waals surface area contributed by atoms with Crippen LogP contribution in [0.15, 0.2) is 18.2 Å². The van der Waals surface area contributed by atoms with Crippen LogP contribution in [0.2, 0.25) is 0 Å². The van der Waals surface area contributed by atoms with Gasteiger partial charge in [-0.2, -0.15) is 0 Å². The van der Waals surface area contributed by atoms with Gasteiger partial charge in [0, 0.05) is 0 Å². The third-order valence-corrected chi connectivity index (χ3v) is 3.47. The Morgan fingerprint density at radius 2 is 0.929 bits per heavy atom. The fourth-order valence-electron chi connectivity index (χ4n) is 2.45. The topological polar surface area (TPSA) is 17.1 Å². The summed E-state index contributed by atoms with van der Waals surface area (Å²) < 4.78 is 0. The molecule has 0 radical (unpaired) electrons. The number of carbonyl (C=O) groups excluding carboxylic acids is 1. The number of unbranched alkanes of at least 4 members (excludes halogenated alkanes) is 2. The molecule has 28 heavy (non-hydrogen) atoms. The van der Waals surface area contributed by atoms with Crippen molar-refractivity contribution in [3.63, 3.8) is 0 Å². The number of benzene rings is 1. The number of aldehydes is 1. The van der Waals surface area contributed by atoms with E-state index in [1.807, 2.05) is 41.5 Å². The second kappa shape index (κ2) is 36.8. The summed E-state index contributed by atoms with van der Waals surface area (Å²) in [7, 11) is 0. The van der Waals surface area contributed by atoms with Crippen molar-refractivity contribution in [3.05, 3.63) is 34.9 Å². The quantitative estimate of drug-likeness (QED) is 0.437. The molecule has 0 saturated heterocycles. The molecule has 1 heteroatoms. The Bertz CT molecular complexity index is 310. The molecule has 1 rings (SSSR count). The number of aryl methyl sites for hydroxylation is 3. The van der Waals surface area contributed by atoms with E-state index in [2.05, 4.69) is 59.7 Å². The lowest BCUT2D eigenvalue weighted by Crippen LogP contribution is -1.93. The molecular weight excluding hydrogens is 340 g/mol. The van der Waals surface area contributed by atoms with Crippen LogP contribution < -0.4 is 0 Å². The monoisotopic (exact) mass is 396 g/mol. The molecule has 0 spiro atoms. The van der Waals surface area contributed by atoms with Crippen molar-refractivity contribution in [2.24, 2.45) is 5.92 Å². The SMILES string of the molecule is CC.CC.CC.CC=O.CCCCC(C)CCCC.Cc1cc(C)cc(C)c1. The van der Waals surface area contributed by atoms with E-state index >= 15 is 0 Å². The van der Waals surface area contributed by atoms with Crippen LogP contribution in [0, 0.1) is 26.7 Å². The highest BCUT2D eigenvalue weighted by Gasteiger charge is 1.98. The molecule has 0 bridgehead atoms. The molecular formula is C27H56O. The van der Waals surface area contributed by atoms with Crippen molar-refractivity contribution in [1.29, 1.82) is 0 Å². The minimum absolute atomic E-state index is 0.750. The Morgan fingerprint density at radius 3 is 1.11 bits per heavy atom. The van der Waals surface area contributed by atoms with Crippen LogP contribution in [0.4, 0.5) is 0 Å². The summed E-state index contributed by atoms with van der Waals surface area (Å²) in [4.78, 5) is 8.81. The molecule has 0 aromatic heterocycles. The number of hydrogen-bond acceptors (Lipinski definition) is 1. The molecule has 0 N–H and O–H groups in total. The molecule has 0 unspecified atom stereocenters. The van der Waals surface area contributed by atoms with Gasteiger partial charge in [-0.25, -0.2) is 0 Å². The molecule has 0 fully saturated rings. The van der Waals surface area contributed by atoms with E-state index in [9.17, 15) is 0 Å². The highest BCUT2D eigenvalue weighted by molar-refractivity contribution is 5.44. The summed E-state index contributed by atoms with van der Waals surface area (Å²) in [6, 6.07) is 6.56. The molecule has 0 atom stereocenters. The third kappa shape index (κ3) is 39.8. The summed E-state index contributed by atoms with van der Waals surface area (Å²) >= 11 is 0. The lowest BCUT2D eigenvalue weighted by Gasteiger charge is -2.08. The maximum atomic E-state index is 8.81. The molecule has 1 nitrogen and oxygen atoms in total. The fraction of sp³-hybridized carbons (Fsp3) is 0.741. The lowest BCUT2D eigenvalue weighted by molar-refractivity contribution is -0.106. The minimum atomic E-state index is 0.750. The Balaban J connectivity index is -0.0000000896. The molecule has 170 valence electrons. The van der Waals surface area contributed by atoms with E-state index in [0.717, 1.165) is 12.2 Å². The summed E-state index contributed by atoms with van der Waals surface area (Å²) in [6.45, 7) is 26.7. The van der Waals surface area contributed by atoms with Gasteiger partial charge < -0.3 is 4.79 Å². The lowest BCUT2D eigenvalue weighted by atomic mass is 9.98. The van der Waals surface area contributed by atoms with Gasteiger partial charge in [0.1, 0.15) is 6.29 Å². The first-order valence-corrected chi connectivity index (χ1v) is 11.9. The van der Waals surface area contributed by atoms with Crippen molar-refractivity contribution < 1.29 is 4.79 Å². The molecule has 0 aliphatic carbocycles. The Hall–Kier alpha value is -1.11. The van der Waals surface area contributed by atoms with Gasteiger partial charge >= 0.3 is 0 Å². The fourth-order valence-corrected chi connectivity index (χ4v) is 2.45. The van der Waals surface area contributed by atoms with E-state index in [0.29, 0.717) is 0 Å². The summed E-state index contributed by atoms with van der Waals surface area (Å²) in [5.74, 6) is 0.972. The maximum absolute atomic E-state index is 8.81. The molecule has 0 aliphatic rings. The van der Waals surface area contributed by atoms with Gasteiger partial charge in [-0.1, -0.05) is 136 Å². The van der Waals surface area contributed by atoms with Crippen LogP contribution in [0.5, 0.6) is 0 Å². The molecule has 0 heterocycles. The minimum Gasteiger partial charge on any atom is -0.304 e. The van der Waals surface area contributed by atoms with Gasteiger partial charge in [0.2, 0.25) is 0 Å². The van der Waals surface area contributed by atoms with E-state index < -0.39 is 0 Å². The van der Waals surface area contributed by atoms with Gasteiger partial charge in [0.05, 0.1) is 0 Å². The van der Waals surface area contributed by atoms with E-state index in [4.69, 9.17) is 4.79 Å². The standard InChI is InChI=1S/C10H22.C9H12.C2H4O.3C2H6/c1-4-6-8-10(3)9-7-5-2;1-7-4-8(2)6-9(3)5-7;1-2-3;3*1-2/h10H,4-9H2,1-3H3;4-6H,1-3H3;2H,1H3;3*1-2H3.